The summed E-state index contributed by atoms with van der Waals surface area (Å²) in [5, 5.41) is 10.3. The van der Waals surface area contributed by atoms with Crippen molar-refractivity contribution in [1.29, 1.82) is 0 Å². The summed E-state index contributed by atoms with van der Waals surface area (Å²) in [6.45, 7) is 6.77. The van der Waals surface area contributed by atoms with Crippen LogP contribution in [0, 0.1) is 13.8 Å². The molecule has 1 N–H and O–H groups in total. The Morgan fingerprint density at radius 3 is 2.46 bits per heavy atom. The first-order chi connectivity index (χ1) is 18.3. The lowest BCUT2D eigenvalue weighted by molar-refractivity contribution is -0.137. The second kappa shape index (κ2) is 9.53. The van der Waals surface area contributed by atoms with Crippen LogP contribution in [0.5, 0.6) is 0 Å². The minimum atomic E-state index is -4.48. The smallest absolute Gasteiger partial charge is 0.382 e. The quantitative estimate of drug-likeness (QED) is 0.331. The van der Waals surface area contributed by atoms with Crippen molar-refractivity contribution in [3.8, 4) is 17.1 Å². The van der Waals surface area contributed by atoms with Crippen LogP contribution >= 0.6 is 11.6 Å². The fourth-order valence-electron chi connectivity index (χ4n) is 4.72. The second-order valence-electron chi connectivity index (χ2n) is 10.3. The van der Waals surface area contributed by atoms with E-state index in [0.717, 1.165) is 17.8 Å². The number of hydrogen-bond donors (Lipinski definition) is 1. The van der Waals surface area contributed by atoms with Gasteiger partial charge in [0.2, 0.25) is 0 Å². The maximum atomic E-state index is 13.5. The van der Waals surface area contributed by atoms with E-state index in [-0.39, 0.29) is 22.7 Å². The molecule has 0 bridgehead atoms. The Balaban J connectivity index is 1.51. The summed E-state index contributed by atoms with van der Waals surface area (Å²) >= 11 is 6.60. The summed E-state index contributed by atoms with van der Waals surface area (Å²) in [4.78, 5) is 30.3. The van der Waals surface area contributed by atoms with E-state index in [1.807, 2.05) is 13.0 Å². The predicted molar refractivity (Wildman–Crippen MR) is 140 cm³/mol. The normalized spacial score (nSPS) is 17.4. The number of aliphatic hydroxyl groups is 1. The zero-order valence-corrected chi connectivity index (χ0v) is 22.3. The van der Waals surface area contributed by atoms with Gasteiger partial charge in [-0.25, -0.2) is 9.97 Å². The SMILES string of the molecule is Cc1cnc(-c2ccnc(C(C)(C)O)n2)cc1-n1c(C)cc([C@H]2C[C@@H]2c2cncc(C(F)(F)F)c2)c(Cl)c1=O. The average molecular weight is 556 g/mol. The molecule has 4 aromatic rings. The van der Waals surface area contributed by atoms with Crippen molar-refractivity contribution in [2.24, 2.45) is 0 Å². The average Bonchev–Trinajstić information content (AvgIpc) is 3.67. The van der Waals surface area contributed by atoms with Gasteiger partial charge in [0.15, 0.2) is 5.82 Å². The molecule has 5 rings (SSSR count). The van der Waals surface area contributed by atoms with E-state index in [2.05, 4.69) is 19.9 Å². The van der Waals surface area contributed by atoms with E-state index < -0.39 is 22.9 Å². The molecular formula is C28H25ClF3N5O2. The van der Waals surface area contributed by atoms with Crippen LogP contribution in [0.25, 0.3) is 17.1 Å². The largest absolute Gasteiger partial charge is 0.417 e. The summed E-state index contributed by atoms with van der Waals surface area (Å²) in [5.41, 5.74) is 1.47. The standard InChI is InChI=1S/C28H25ClF3N5O2/c1-14-11-35-22(21-5-6-34-26(36-21)27(3,4)39)10-23(14)37-15(2)7-20(24(29)25(37)38)19-9-18(19)16-8-17(13-33-12-16)28(30,31)32/h5-8,10-13,18-19,39H,9H2,1-4H3/t18-,19+/m1/s1. The van der Waals surface area contributed by atoms with Crippen molar-refractivity contribution in [1.82, 2.24) is 24.5 Å². The first-order valence-electron chi connectivity index (χ1n) is 12.2. The van der Waals surface area contributed by atoms with E-state index >= 15 is 0 Å². The second-order valence-corrected chi connectivity index (χ2v) is 10.7. The first-order valence-corrected chi connectivity index (χ1v) is 12.6. The Kier molecular flexibility index (Phi) is 6.59. The minimum Gasteiger partial charge on any atom is -0.382 e. The van der Waals surface area contributed by atoms with Crippen LogP contribution in [0.2, 0.25) is 5.02 Å². The summed E-state index contributed by atoms with van der Waals surface area (Å²) in [5.74, 6) is -0.150. The molecule has 1 fully saturated rings. The Bertz CT molecular complexity index is 1650. The van der Waals surface area contributed by atoms with Gasteiger partial charge in [-0.05, 0) is 86.9 Å². The van der Waals surface area contributed by atoms with Crippen LogP contribution in [-0.4, -0.2) is 29.6 Å². The molecule has 0 aromatic carbocycles. The maximum Gasteiger partial charge on any atom is 0.417 e. The predicted octanol–water partition coefficient (Wildman–Crippen LogP) is 5.87. The van der Waals surface area contributed by atoms with Gasteiger partial charge in [-0.1, -0.05) is 11.6 Å². The molecule has 4 aromatic heterocycles. The number of aryl methyl sites for hydroxylation is 2. The van der Waals surface area contributed by atoms with Gasteiger partial charge in [0.1, 0.15) is 10.6 Å². The molecule has 1 saturated carbocycles. The number of pyridine rings is 3. The molecule has 11 heteroatoms. The zero-order valence-electron chi connectivity index (χ0n) is 21.6. The van der Waals surface area contributed by atoms with E-state index in [4.69, 9.17) is 11.6 Å². The maximum absolute atomic E-state index is 13.5. The van der Waals surface area contributed by atoms with Gasteiger partial charge in [-0.15, -0.1) is 0 Å². The highest BCUT2D eigenvalue weighted by molar-refractivity contribution is 6.31. The van der Waals surface area contributed by atoms with Crippen LogP contribution < -0.4 is 5.56 Å². The number of rotatable bonds is 5. The fraction of sp³-hybridized carbons (Fsp3) is 0.321. The van der Waals surface area contributed by atoms with Gasteiger partial charge < -0.3 is 5.11 Å². The summed E-state index contributed by atoms with van der Waals surface area (Å²) in [7, 11) is 0. The van der Waals surface area contributed by atoms with Crippen LogP contribution in [0.3, 0.4) is 0 Å². The molecule has 39 heavy (non-hydrogen) atoms. The summed E-state index contributed by atoms with van der Waals surface area (Å²) < 4.78 is 41.0. The Hall–Kier alpha value is -3.63. The molecular weight excluding hydrogens is 531 g/mol. The molecule has 2 atom stereocenters. The summed E-state index contributed by atoms with van der Waals surface area (Å²) in [6, 6.07) is 6.31. The number of aromatic nitrogens is 5. The Morgan fingerprint density at radius 1 is 1.03 bits per heavy atom. The lowest BCUT2D eigenvalue weighted by atomic mass is 10.0. The van der Waals surface area contributed by atoms with Crippen molar-refractivity contribution in [2.75, 3.05) is 0 Å². The molecule has 1 aliphatic carbocycles. The van der Waals surface area contributed by atoms with Gasteiger partial charge in [-0.3, -0.25) is 19.3 Å². The highest BCUT2D eigenvalue weighted by Gasteiger charge is 2.43. The Morgan fingerprint density at radius 2 is 1.77 bits per heavy atom. The molecule has 0 saturated heterocycles. The van der Waals surface area contributed by atoms with Crippen molar-refractivity contribution in [3.05, 3.63) is 98.2 Å². The van der Waals surface area contributed by atoms with Gasteiger partial charge in [0.25, 0.3) is 5.56 Å². The van der Waals surface area contributed by atoms with Crippen LogP contribution in [-0.2, 0) is 11.8 Å². The molecule has 0 aliphatic heterocycles. The van der Waals surface area contributed by atoms with Crippen molar-refractivity contribution >= 4 is 11.6 Å². The molecule has 0 amide bonds. The molecule has 4 heterocycles. The van der Waals surface area contributed by atoms with E-state index in [0.29, 0.717) is 40.3 Å². The van der Waals surface area contributed by atoms with Gasteiger partial charge in [0, 0.05) is 30.5 Å². The van der Waals surface area contributed by atoms with Crippen LogP contribution in [0.15, 0.2) is 53.8 Å². The zero-order chi connectivity index (χ0) is 28.3. The number of nitrogens with zero attached hydrogens (tertiary/aromatic N) is 5. The lowest BCUT2D eigenvalue weighted by Gasteiger charge is -2.17. The van der Waals surface area contributed by atoms with Crippen molar-refractivity contribution in [3.63, 3.8) is 0 Å². The molecule has 1 aliphatic rings. The third-order valence-electron chi connectivity index (χ3n) is 6.85. The van der Waals surface area contributed by atoms with E-state index in [9.17, 15) is 23.1 Å². The van der Waals surface area contributed by atoms with Crippen molar-refractivity contribution < 1.29 is 18.3 Å². The highest BCUT2D eigenvalue weighted by atomic mass is 35.5. The van der Waals surface area contributed by atoms with E-state index in [1.54, 1.807) is 39.1 Å². The third-order valence-corrected chi connectivity index (χ3v) is 7.23. The lowest BCUT2D eigenvalue weighted by Crippen LogP contribution is -2.23. The van der Waals surface area contributed by atoms with Crippen LogP contribution in [0.4, 0.5) is 13.2 Å². The number of hydrogen-bond acceptors (Lipinski definition) is 6. The first kappa shape index (κ1) is 27.0. The molecule has 0 radical (unpaired) electrons. The molecule has 0 unspecified atom stereocenters. The highest BCUT2D eigenvalue weighted by Crippen LogP contribution is 2.56. The van der Waals surface area contributed by atoms with E-state index in [1.165, 1.54) is 17.0 Å². The molecule has 7 nitrogen and oxygen atoms in total. The Labute approximate surface area is 227 Å². The van der Waals surface area contributed by atoms with Gasteiger partial charge in [-0.2, -0.15) is 13.2 Å². The van der Waals surface area contributed by atoms with Crippen molar-refractivity contribution in [2.45, 2.75) is 57.7 Å². The summed E-state index contributed by atoms with van der Waals surface area (Å²) in [6.07, 6.45) is 1.48. The third kappa shape index (κ3) is 5.18. The monoisotopic (exact) mass is 555 g/mol. The fourth-order valence-corrected chi connectivity index (χ4v) is 5.00. The number of halogens is 4. The molecule has 202 valence electrons. The topological polar surface area (TPSA) is 93.8 Å². The van der Waals surface area contributed by atoms with Crippen LogP contribution in [0.1, 0.15) is 65.9 Å². The number of alkyl halides is 3. The van der Waals surface area contributed by atoms with Gasteiger partial charge in [0.05, 0.1) is 22.6 Å². The molecule has 0 spiro atoms. The minimum absolute atomic E-state index is 0.0251. The van der Waals surface area contributed by atoms with Gasteiger partial charge >= 0.3 is 6.18 Å².